The molecule has 1 atom stereocenters. The molecule has 0 aliphatic carbocycles. The summed E-state index contributed by atoms with van der Waals surface area (Å²) in [5.74, 6) is 0. The molecule has 0 bridgehead atoms. The Kier molecular flexibility index (Phi) is 6.24. The number of hydrogen-bond donors (Lipinski definition) is 1. The molecule has 0 aliphatic rings. The Labute approximate surface area is 138 Å². The normalized spacial score (nSPS) is 12.6. The van der Waals surface area contributed by atoms with Gasteiger partial charge in [0.25, 0.3) is 0 Å². The molecule has 1 unspecified atom stereocenters. The summed E-state index contributed by atoms with van der Waals surface area (Å²) in [4.78, 5) is 1.26. The third kappa shape index (κ3) is 3.92. The first-order chi connectivity index (χ1) is 9.65. The Hall–Kier alpha value is -0.190. The van der Waals surface area contributed by atoms with Gasteiger partial charge in [-0.3, -0.25) is 0 Å². The van der Waals surface area contributed by atoms with E-state index in [4.69, 9.17) is 23.2 Å². The summed E-state index contributed by atoms with van der Waals surface area (Å²) < 4.78 is 1.49. The lowest BCUT2D eigenvalue weighted by Gasteiger charge is -2.19. The highest BCUT2D eigenvalue weighted by molar-refractivity contribution is 7.98. The molecule has 0 fully saturated rings. The second-order valence-electron chi connectivity index (χ2n) is 4.44. The zero-order valence-corrected chi connectivity index (χ0v) is 14.6. The molecule has 1 nitrogen and oxygen atoms in total. The molecule has 1 N–H and O–H groups in total. The number of benzene rings is 1. The summed E-state index contributed by atoms with van der Waals surface area (Å²) in [6.45, 7) is 3.10. The van der Waals surface area contributed by atoms with Gasteiger partial charge in [-0.1, -0.05) is 42.3 Å². The van der Waals surface area contributed by atoms with Crippen LogP contribution in [0.3, 0.4) is 0 Å². The van der Waals surface area contributed by atoms with Crippen LogP contribution < -0.4 is 5.32 Å². The van der Waals surface area contributed by atoms with Crippen molar-refractivity contribution in [2.75, 3.05) is 12.8 Å². The van der Waals surface area contributed by atoms with Crippen LogP contribution in [0, 0.1) is 0 Å². The van der Waals surface area contributed by atoms with Crippen molar-refractivity contribution >= 4 is 46.3 Å². The Bertz CT molecular complexity index is 552. The van der Waals surface area contributed by atoms with Crippen LogP contribution in [-0.2, 0) is 0 Å². The van der Waals surface area contributed by atoms with Crippen molar-refractivity contribution in [1.29, 1.82) is 0 Å². The highest BCUT2D eigenvalue weighted by Gasteiger charge is 2.18. The highest BCUT2D eigenvalue weighted by atomic mass is 35.5. The van der Waals surface area contributed by atoms with Crippen LogP contribution in [0.15, 0.2) is 35.2 Å². The molecule has 20 heavy (non-hydrogen) atoms. The second-order valence-corrected chi connectivity index (χ2v) is 7.61. The molecule has 0 aliphatic heterocycles. The van der Waals surface area contributed by atoms with Gasteiger partial charge in [-0.15, -0.1) is 23.1 Å². The number of halogens is 2. The summed E-state index contributed by atoms with van der Waals surface area (Å²) in [5, 5.41) is 3.55. The minimum Gasteiger partial charge on any atom is -0.306 e. The zero-order valence-electron chi connectivity index (χ0n) is 11.5. The molecule has 1 aromatic heterocycles. The van der Waals surface area contributed by atoms with Gasteiger partial charge in [0.2, 0.25) is 0 Å². The quantitative estimate of drug-likeness (QED) is 0.657. The van der Waals surface area contributed by atoms with E-state index in [0.29, 0.717) is 0 Å². The van der Waals surface area contributed by atoms with Crippen LogP contribution in [-0.4, -0.2) is 12.8 Å². The zero-order chi connectivity index (χ0) is 14.5. The maximum Gasteiger partial charge on any atom is 0.0995 e. The molecule has 0 saturated heterocycles. The molecule has 108 valence electrons. The van der Waals surface area contributed by atoms with Crippen LogP contribution in [0.25, 0.3) is 0 Å². The largest absolute Gasteiger partial charge is 0.306 e. The maximum atomic E-state index is 6.32. The van der Waals surface area contributed by atoms with Crippen molar-refractivity contribution in [3.63, 3.8) is 0 Å². The van der Waals surface area contributed by atoms with E-state index in [1.165, 1.54) is 21.8 Å². The molecule has 0 amide bonds. The van der Waals surface area contributed by atoms with Crippen molar-refractivity contribution in [3.05, 3.63) is 50.1 Å². The van der Waals surface area contributed by atoms with Crippen LogP contribution in [0.4, 0.5) is 0 Å². The van der Waals surface area contributed by atoms with E-state index in [1.54, 1.807) is 11.8 Å². The third-order valence-electron chi connectivity index (χ3n) is 3.04. The average molecular weight is 346 g/mol. The van der Waals surface area contributed by atoms with Gasteiger partial charge in [-0.2, -0.15) is 0 Å². The summed E-state index contributed by atoms with van der Waals surface area (Å²) in [6.07, 6.45) is 3.16. The van der Waals surface area contributed by atoms with E-state index < -0.39 is 0 Å². The fraction of sp³-hybridized carbons (Fsp3) is 0.333. The Balaban J connectivity index is 2.33. The molecule has 5 heteroatoms. The lowest BCUT2D eigenvalue weighted by molar-refractivity contribution is 0.600. The van der Waals surface area contributed by atoms with Crippen LogP contribution in [0.5, 0.6) is 0 Å². The summed E-state index contributed by atoms with van der Waals surface area (Å²) in [7, 11) is 0. The van der Waals surface area contributed by atoms with Crippen molar-refractivity contribution < 1.29 is 0 Å². The van der Waals surface area contributed by atoms with E-state index in [0.717, 1.165) is 27.2 Å². The van der Waals surface area contributed by atoms with Crippen molar-refractivity contribution in [1.82, 2.24) is 5.32 Å². The standard InChI is InChI=1S/C15H17Cl2NS2/c1-3-8-18-14(12-9-13(16)20-15(12)17)10-4-6-11(19-2)7-5-10/h4-7,9,14,18H,3,8H2,1-2H3. The average Bonchev–Trinajstić information content (AvgIpc) is 2.79. The van der Waals surface area contributed by atoms with E-state index in [2.05, 4.69) is 42.8 Å². The number of thiophene rings is 1. The molecule has 1 heterocycles. The topological polar surface area (TPSA) is 12.0 Å². The first-order valence-electron chi connectivity index (χ1n) is 6.47. The number of rotatable bonds is 6. The van der Waals surface area contributed by atoms with Crippen LogP contribution in [0.1, 0.15) is 30.5 Å². The minimum absolute atomic E-state index is 0.0992. The van der Waals surface area contributed by atoms with Gasteiger partial charge >= 0.3 is 0 Å². The molecule has 2 aromatic rings. The Morgan fingerprint density at radius 2 is 1.95 bits per heavy atom. The third-order valence-corrected chi connectivity index (χ3v) is 5.30. The highest BCUT2D eigenvalue weighted by Crippen LogP contribution is 2.37. The molecule has 0 radical (unpaired) electrons. The Morgan fingerprint density at radius 3 is 2.45 bits per heavy atom. The lowest BCUT2D eigenvalue weighted by Crippen LogP contribution is -2.23. The first kappa shape index (κ1) is 16.2. The van der Waals surface area contributed by atoms with E-state index >= 15 is 0 Å². The number of nitrogens with one attached hydrogen (secondary N) is 1. The Morgan fingerprint density at radius 1 is 1.25 bits per heavy atom. The maximum absolute atomic E-state index is 6.32. The van der Waals surface area contributed by atoms with Crippen molar-refractivity contribution in [3.8, 4) is 0 Å². The summed E-state index contributed by atoms with van der Waals surface area (Å²) in [5.41, 5.74) is 2.28. The molecule has 0 spiro atoms. The minimum atomic E-state index is 0.0992. The fourth-order valence-electron chi connectivity index (χ4n) is 2.04. The molecular formula is C15H17Cl2NS2. The predicted octanol–water partition coefficient (Wildman–Crippen LogP) is 5.87. The van der Waals surface area contributed by atoms with E-state index in [1.807, 2.05) is 6.07 Å². The molecule has 1 aromatic carbocycles. The van der Waals surface area contributed by atoms with Gasteiger partial charge in [-0.05, 0) is 43.0 Å². The predicted molar refractivity (Wildman–Crippen MR) is 92.7 cm³/mol. The number of thioether (sulfide) groups is 1. The first-order valence-corrected chi connectivity index (χ1v) is 9.27. The molecule has 2 rings (SSSR count). The van der Waals surface area contributed by atoms with Gasteiger partial charge in [0.05, 0.1) is 14.7 Å². The van der Waals surface area contributed by atoms with E-state index in [9.17, 15) is 0 Å². The van der Waals surface area contributed by atoms with Gasteiger partial charge in [0.15, 0.2) is 0 Å². The van der Waals surface area contributed by atoms with Gasteiger partial charge in [0.1, 0.15) is 0 Å². The molecule has 0 saturated carbocycles. The van der Waals surface area contributed by atoms with Gasteiger partial charge in [0, 0.05) is 10.5 Å². The fourth-order valence-corrected chi connectivity index (χ4v) is 3.98. The van der Waals surface area contributed by atoms with Gasteiger partial charge in [-0.25, -0.2) is 0 Å². The smallest absolute Gasteiger partial charge is 0.0995 e. The summed E-state index contributed by atoms with van der Waals surface area (Å²) in [6, 6.07) is 10.7. The van der Waals surface area contributed by atoms with Crippen molar-refractivity contribution in [2.45, 2.75) is 24.3 Å². The van der Waals surface area contributed by atoms with Crippen LogP contribution >= 0.6 is 46.3 Å². The van der Waals surface area contributed by atoms with Gasteiger partial charge < -0.3 is 5.32 Å². The van der Waals surface area contributed by atoms with Crippen molar-refractivity contribution in [2.24, 2.45) is 0 Å². The lowest BCUT2D eigenvalue weighted by atomic mass is 10.0. The SMILES string of the molecule is CCCNC(c1ccc(SC)cc1)c1cc(Cl)sc1Cl. The van der Waals surface area contributed by atoms with E-state index in [-0.39, 0.29) is 6.04 Å². The monoisotopic (exact) mass is 345 g/mol. The van der Waals surface area contributed by atoms with Crippen LogP contribution in [0.2, 0.25) is 8.67 Å². The number of hydrogen-bond acceptors (Lipinski definition) is 3. The second kappa shape index (κ2) is 7.71. The summed E-state index contributed by atoms with van der Waals surface area (Å²) >= 11 is 15.6. The molecular weight excluding hydrogens is 329 g/mol.